The lowest BCUT2D eigenvalue weighted by Crippen LogP contribution is -2.42. The molecule has 0 spiro atoms. The van der Waals surface area contributed by atoms with Gasteiger partial charge in [0, 0.05) is 5.88 Å². The molecule has 0 unspecified atom stereocenters. The van der Waals surface area contributed by atoms with E-state index in [1.807, 2.05) is 0 Å². The summed E-state index contributed by atoms with van der Waals surface area (Å²) in [6.45, 7) is 2.31. The zero-order valence-electron chi connectivity index (χ0n) is 20.1. The summed E-state index contributed by atoms with van der Waals surface area (Å²) in [4.78, 5) is 0. The Morgan fingerprint density at radius 3 is 1.17 bits per heavy atom. The van der Waals surface area contributed by atoms with Crippen LogP contribution in [0, 0.1) is 0 Å². The van der Waals surface area contributed by atoms with Gasteiger partial charge in [0.2, 0.25) is 0 Å². The Morgan fingerprint density at radius 2 is 0.897 bits per heavy atom. The smallest absolute Gasteiger partial charge is 0.0240 e. The zero-order chi connectivity index (χ0) is 20.6. The van der Waals surface area contributed by atoms with Crippen molar-refractivity contribution < 1.29 is 0 Å². The summed E-state index contributed by atoms with van der Waals surface area (Å²) < 4.78 is 0. The van der Waals surface area contributed by atoms with Gasteiger partial charge in [-0.2, -0.15) is 0 Å². The first kappa shape index (κ1) is 25.6. The van der Waals surface area contributed by atoms with Gasteiger partial charge < -0.3 is 5.73 Å². The Labute approximate surface area is 186 Å². The molecule has 0 bridgehead atoms. The number of hydrogen-bond acceptors (Lipinski definition) is 1. The third-order valence-corrected chi connectivity index (χ3v) is 13.4. The van der Waals surface area contributed by atoms with Gasteiger partial charge in [0.1, 0.15) is 0 Å². The largest absolute Gasteiger partial charge is 0.323 e. The number of unbranched alkanes of at least 4 members (excludes halogenated alkanes) is 15. The van der Waals surface area contributed by atoms with Gasteiger partial charge in [0.05, 0.1) is 0 Å². The van der Waals surface area contributed by atoms with Crippen molar-refractivity contribution in [1.29, 1.82) is 0 Å². The van der Waals surface area contributed by atoms with Crippen molar-refractivity contribution in [2.24, 2.45) is 5.73 Å². The van der Waals surface area contributed by atoms with Gasteiger partial charge in [-0.1, -0.05) is 116 Å². The summed E-state index contributed by atoms with van der Waals surface area (Å²) >= 11 is 0. The minimum atomic E-state index is -0.460. The van der Waals surface area contributed by atoms with Crippen LogP contribution < -0.4 is 5.73 Å². The molecule has 2 N–H and O–H groups in total. The molecule has 0 atom stereocenters. The SMILES string of the molecule is CCCCCCCCCCCCCCCCCCS(CN)(C1CCC1)C1CCC1. The van der Waals surface area contributed by atoms with Crippen LogP contribution in [0.3, 0.4) is 0 Å². The Hall–Kier alpha value is 0.310. The van der Waals surface area contributed by atoms with Gasteiger partial charge in [0.15, 0.2) is 0 Å². The normalized spacial score (nSPS) is 18.6. The Kier molecular flexibility index (Phi) is 14.1. The van der Waals surface area contributed by atoms with Crippen LogP contribution in [0.1, 0.15) is 148 Å². The highest BCUT2D eigenvalue weighted by Crippen LogP contribution is 2.66. The fourth-order valence-electron chi connectivity index (χ4n) is 5.56. The first-order valence-corrected chi connectivity index (χ1v) is 15.9. The lowest BCUT2D eigenvalue weighted by molar-refractivity contribution is 0.475. The Balaban J connectivity index is 1.37. The molecule has 2 fully saturated rings. The minimum absolute atomic E-state index is 0.460. The number of rotatable bonds is 20. The Morgan fingerprint density at radius 1 is 0.552 bits per heavy atom. The van der Waals surface area contributed by atoms with Crippen molar-refractivity contribution in [3.05, 3.63) is 0 Å². The molecular formula is C27H55NS. The first-order chi connectivity index (χ1) is 14.3. The average Bonchev–Trinajstić information content (AvgIpc) is 2.64. The zero-order valence-corrected chi connectivity index (χ0v) is 20.9. The topological polar surface area (TPSA) is 26.0 Å². The van der Waals surface area contributed by atoms with Crippen molar-refractivity contribution in [3.8, 4) is 0 Å². The highest BCUT2D eigenvalue weighted by Gasteiger charge is 2.43. The van der Waals surface area contributed by atoms with E-state index >= 15 is 0 Å². The summed E-state index contributed by atoms with van der Waals surface area (Å²) in [5.74, 6) is 2.58. The number of nitrogens with two attached hydrogens (primary N) is 1. The molecular weight excluding hydrogens is 370 g/mol. The highest BCUT2D eigenvalue weighted by atomic mass is 32.3. The van der Waals surface area contributed by atoms with Crippen molar-refractivity contribution in [1.82, 2.24) is 0 Å². The molecule has 174 valence electrons. The van der Waals surface area contributed by atoms with Crippen LogP contribution in [0.5, 0.6) is 0 Å². The van der Waals surface area contributed by atoms with Gasteiger partial charge in [0.25, 0.3) is 0 Å². The van der Waals surface area contributed by atoms with Crippen molar-refractivity contribution >= 4 is 10.0 Å². The van der Waals surface area contributed by atoms with Gasteiger partial charge >= 0.3 is 0 Å². The van der Waals surface area contributed by atoms with Gasteiger partial charge in [-0.05, 0) is 48.4 Å². The third kappa shape index (κ3) is 9.14. The summed E-state index contributed by atoms with van der Waals surface area (Å²) in [7, 11) is -0.460. The van der Waals surface area contributed by atoms with E-state index in [2.05, 4.69) is 6.92 Å². The lowest BCUT2D eigenvalue weighted by atomic mass is 9.99. The summed E-state index contributed by atoms with van der Waals surface area (Å²) in [6.07, 6.45) is 32.6. The molecule has 2 heteroatoms. The fourth-order valence-corrected chi connectivity index (χ4v) is 10.8. The van der Waals surface area contributed by atoms with E-state index in [0.29, 0.717) is 0 Å². The molecule has 2 rings (SSSR count). The predicted molar refractivity (Wildman–Crippen MR) is 136 cm³/mol. The molecule has 0 aromatic carbocycles. The third-order valence-electron chi connectivity index (χ3n) is 8.12. The van der Waals surface area contributed by atoms with Crippen LogP contribution in [-0.4, -0.2) is 22.1 Å². The quantitative estimate of drug-likeness (QED) is 0.193. The molecule has 0 heterocycles. The van der Waals surface area contributed by atoms with Gasteiger partial charge in [-0.25, -0.2) is 10.0 Å². The van der Waals surface area contributed by atoms with Crippen molar-refractivity contribution in [2.45, 2.75) is 159 Å². The van der Waals surface area contributed by atoms with Gasteiger partial charge in [-0.3, -0.25) is 0 Å². The molecule has 0 aromatic heterocycles. The van der Waals surface area contributed by atoms with Crippen LogP contribution in [-0.2, 0) is 0 Å². The second kappa shape index (κ2) is 16.0. The van der Waals surface area contributed by atoms with Crippen LogP contribution in [0.15, 0.2) is 0 Å². The van der Waals surface area contributed by atoms with E-state index in [-0.39, 0.29) is 0 Å². The average molecular weight is 426 g/mol. The first-order valence-electron chi connectivity index (χ1n) is 13.8. The molecule has 2 saturated carbocycles. The second-order valence-electron chi connectivity index (χ2n) is 10.3. The maximum Gasteiger partial charge on any atom is 0.0240 e. The van der Waals surface area contributed by atoms with Crippen LogP contribution >= 0.6 is 10.0 Å². The highest BCUT2D eigenvalue weighted by molar-refractivity contribution is 8.34. The molecule has 0 saturated heterocycles. The second-order valence-corrected chi connectivity index (χ2v) is 14.4. The van der Waals surface area contributed by atoms with E-state index in [0.717, 1.165) is 16.4 Å². The molecule has 29 heavy (non-hydrogen) atoms. The van der Waals surface area contributed by atoms with Crippen molar-refractivity contribution in [2.75, 3.05) is 11.6 Å². The van der Waals surface area contributed by atoms with E-state index in [4.69, 9.17) is 5.73 Å². The molecule has 2 aliphatic carbocycles. The van der Waals surface area contributed by atoms with E-state index in [9.17, 15) is 0 Å². The molecule has 0 aliphatic heterocycles. The predicted octanol–water partition coefficient (Wildman–Crippen LogP) is 9.07. The standard InChI is InChI=1S/C27H55NS/c1-2-3-4-5-6-7-8-9-10-11-12-13-14-15-16-17-24-29(25-28,26-20-18-21-26)27-22-19-23-27/h26-27H,2-25,28H2,1H3. The van der Waals surface area contributed by atoms with Crippen LogP contribution in [0.2, 0.25) is 0 Å². The van der Waals surface area contributed by atoms with Crippen LogP contribution in [0.25, 0.3) is 0 Å². The molecule has 0 amide bonds. The Bertz CT molecular complexity index is 361. The minimum Gasteiger partial charge on any atom is -0.323 e. The van der Waals surface area contributed by atoms with Crippen LogP contribution in [0.4, 0.5) is 0 Å². The van der Waals surface area contributed by atoms with E-state index < -0.39 is 10.0 Å². The monoisotopic (exact) mass is 425 g/mol. The van der Waals surface area contributed by atoms with Gasteiger partial charge in [-0.15, -0.1) is 0 Å². The van der Waals surface area contributed by atoms with E-state index in [1.165, 1.54) is 147 Å². The molecule has 1 nitrogen and oxygen atoms in total. The fraction of sp³-hybridized carbons (Fsp3) is 1.00. The maximum absolute atomic E-state index is 6.43. The van der Waals surface area contributed by atoms with Crippen molar-refractivity contribution in [3.63, 3.8) is 0 Å². The molecule has 0 radical (unpaired) electrons. The summed E-state index contributed by atoms with van der Waals surface area (Å²) in [5.41, 5.74) is 6.43. The summed E-state index contributed by atoms with van der Waals surface area (Å²) in [5, 5.41) is 2.13. The molecule has 2 aliphatic rings. The van der Waals surface area contributed by atoms with E-state index in [1.54, 1.807) is 0 Å². The lowest BCUT2D eigenvalue weighted by Gasteiger charge is -2.58. The number of hydrogen-bond donors (Lipinski definition) is 1. The molecule has 0 aromatic rings. The summed E-state index contributed by atoms with van der Waals surface area (Å²) in [6, 6.07) is 0. The maximum atomic E-state index is 6.43.